The van der Waals surface area contributed by atoms with Crippen molar-refractivity contribution in [2.24, 2.45) is 0 Å². The zero-order valence-corrected chi connectivity index (χ0v) is 11.0. The van der Waals surface area contributed by atoms with Crippen LogP contribution in [0.25, 0.3) is 0 Å². The van der Waals surface area contributed by atoms with E-state index in [1.165, 1.54) is 10.6 Å². The van der Waals surface area contributed by atoms with Gasteiger partial charge in [0.15, 0.2) is 5.51 Å². The Labute approximate surface area is 111 Å². The van der Waals surface area contributed by atoms with Gasteiger partial charge in [0.2, 0.25) is 0 Å². The minimum Gasteiger partial charge on any atom is -0.330 e. The van der Waals surface area contributed by atoms with Gasteiger partial charge in [-0.05, 0) is 0 Å². The van der Waals surface area contributed by atoms with Crippen LogP contribution in [0, 0.1) is 5.51 Å². The van der Waals surface area contributed by atoms with Crippen molar-refractivity contribution in [1.29, 1.82) is 0 Å². The highest BCUT2D eigenvalue weighted by molar-refractivity contribution is 7.09. The van der Waals surface area contributed by atoms with Gasteiger partial charge in [-0.3, -0.25) is 4.90 Å². The molecule has 0 fully saturated rings. The predicted molar refractivity (Wildman–Crippen MR) is 71.2 cm³/mol. The highest BCUT2D eigenvalue weighted by Gasteiger charge is 2.19. The van der Waals surface area contributed by atoms with Crippen molar-refractivity contribution in [3.8, 4) is 0 Å². The Balaban J connectivity index is 1.70. The van der Waals surface area contributed by atoms with Gasteiger partial charge in [-0.1, -0.05) is 6.08 Å². The number of hydrogen-bond acceptors (Lipinski definition) is 4. The normalized spacial score (nSPS) is 15.6. The van der Waals surface area contributed by atoms with Gasteiger partial charge in [-0.25, -0.2) is 9.97 Å². The monoisotopic (exact) mass is 259 g/mol. The molecule has 0 saturated carbocycles. The lowest BCUT2D eigenvalue weighted by Gasteiger charge is -2.25. The molecule has 3 heterocycles. The largest absolute Gasteiger partial charge is 0.330 e. The van der Waals surface area contributed by atoms with Crippen molar-refractivity contribution >= 4 is 11.3 Å². The lowest BCUT2D eigenvalue weighted by Crippen LogP contribution is -2.30. The van der Waals surface area contributed by atoms with Gasteiger partial charge >= 0.3 is 0 Å². The third-order valence-electron chi connectivity index (χ3n) is 3.20. The van der Waals surface area contributed by atoms with E-state index in [4.69, 9.17) is 0 Å². The molecule has 4 nitrogen and oxygen atoms in total. The van der Waals surface area contributed by atoms with E-state index in [1.54, 1.807) is 11.3 Å². The molecule has 1 radical (unpaired) electrons. The van der Waals surface area contributed by atoms with Crippen molar-refractivity contribution in [2.75, 3.05) is 6.54 Å². The standard InChI is InChI=1S/C13H15N4S/c1-2-5-17-7-4-14-13(17)9-16-6-3-11-12(8-16)18-10-15-11/h2,4,7H,1,3,5-6,8-9H2. The number of imidazole rings is 1. The molecule has 3 rings (SSSR count). The number of allylic oxidation sites excluding steroid dienone is 1. The van der Waals surface area contributed by atoms with Crippen molar-refractivity contribution in [3.63, 3.8) is 0 Å². The summed E-state index contributed by atoms with van der Waals surface area (Å²) in [4.78, 5) is 12.5. The van der Waals surface area contributed by atoms with Crippen LogP contribution in [-0.2, 0) is 26.1 Å². The Morgan fingerprint density at radius 3 is 3.39 bits per heavy atom. The summed E-state index contributed by atoms with van der Waals surface area (Å²) in [6.45, 7) is 7.50. The summed E-state index contributed by atoms with van der Waals surface area (Å²) in [5, 5.41) is 0. The molecule has 0 unspecified atom stereocenters. The molecule has 5 heteroatoms. The molecule has 0 spiro atoms. The number of aromatic nitrogens is 3. The van der Waals surface area contributed by atoms with Gasteiger partial charge < -0.3 is 4.57 Å². The first-order chi connectivity index (χ1) is 8.86. The predicted octanol–water partition coefficient (Wildman–Crippen LogP) is 1.88. The molecule has 0 N–H and O–H groups in total. The summed E-state index contributed by atoms with van der Waals surface area (Å²) in [5.41, 5.74) is 4.21. The lowest BCUT2D eigenvalue weighted by atomic mass is 10.2. The van der Waals surface area contributed by atoms with Crippen molar-refractivity contribution < 1.29 is 0 Å². The third-order valence-corrected chi connectivity index (χ3v) is 3.99. The minimum absolute atomic E-state index is 0.822. The molecule has 2 aromatic rings. The summed E-state index contributed by atoms with van der Waals surface area (Å²) >= 11 is 1.64. The number of thiazole rings is 1. The first-order valence-corrected chi connectivity index (χ1v) is 6.86. The van der Waals surface area contributed by atoms with Crippen LogP contribution in [0.3, 0.4) is 0 Å². The highest BCUT2D eigenvalue weighted by Crippen LogP contribution is 2.22. The Morgan fingerprint density at radius 1 is 1.56 bits per heavy atom. The minimum atomic E-state index is 0.822. The van der Waals surface area contributed by atoms with E-state index in [-0.39, 0.29) is 0 Å². The van der Waals surface area contributed by atoms with E-state index < -0.39 is 0 Å². The summed E-state index contributed by atoms with van der Waals surface area (Å²) in [7, 11) is 0. The maximum absolute atomic E-state index is 4.43. The smallest absolute Gasteiger partial charge is 0.152 e. The van der Waals surface area contributed by atoms with Crippen LogP contribution >= 0.6 is 11.3 Å². The Hall–Kier alpha value is -1.46. The van der Waals surface area contributed by atoms with Gasteiger partial charge in [0.05, 0.1) is 12.2 Å². The van der Waals surface area contributed by atoms with E-state index >= 15 is 0 Å². The Morgan fingerprint density at radius 2 is 2.50 bits per heavy atom. The van der Waals surface area contributed by atoms with E-state index in [2.05, 4.69) is 31.5 Å². The van der Waals surface area contributed by atoms with E-state index in [1.807, 2.05) is 18.5 Å². The van der Waals surface area contributed by atoms with Crippen molar-refractivity contribution in [3.05, 3.63) is 47.0 Å². The van der Waals surface area contributed by atoms with Crippen LogP contribution < -0.4 is 0 Å². The number of rotatable bonds is 4. The molecular formula is C13H15N4S. The second kappa shape index (κ2) is 5.04. The first kappa shape index (κ1) is 11.6. The molecule has 2 aromatic heterocycles. The second-order valence-corrected chi connectivity index (χ2v) is 5.30. The quantitative estimate of drug-likeness (QED) is 0.786. The van der Waals surface area contributed by atoms with Crippen LogP contribution in [0.5, 0.6) is 0 Å². The molecule has 0 atom stereocenters. The van der Waals surface area contributed by atoms with Crippen LogP contribution in [0.1, 0.15) is 16.4 Å². The fraction of sp³-hybridized carbons (Fsp3) is 0.385. The van der Waals surface area contributed by atoms with Crippen LogP contribution in [-0.4, -0.2) is 26.0 Å². The molecule has 1 aliphatic heterocycles. The number of fused-ring (bicyclic) bond motifs is 1. The topological polar surface area (TPSA) is 34.0 Å². The Bertz CT molecular complexity index is 543. The van der Waals surface area contributed by atoms with Crippen LogP contribution in [0.2, 0.25) is 0 Å². The highest BCUT2D eigenvalue weighted by atomic mass is 32.1. The summed E-state index contributed by atoms with van der Waals surface area (Å²) < 4.78 is 2.14. The van der Waals surface area contributed by atoms with Crippen LogP contribution in [0.4, 0.5) is 0 Å². The molecule has 0 aliphatic carbocycles. The molecule has 93 valence electrons. The molecular weight excluding hydrogens is 244 g/mol. The van der Waals surface area contributed by atoms with Crippen molar-refractivity contribution in [1.82, 2.24) is 19.4 Å². The molecule has 0 saturated heterocycles. The third kappa shape index (κ3) is 2.23. The van der Waals surface area contributed by atoms with Gasteiger partial charge in [-0.15, -0.1) is 17.9 Å². The maximum Gasteiger partial charge on any atom is 0.152 e. The molecule has 0 amide bonds. The number of nitrogens with zero attached hydrogens (tertiary/aromatic N) is 4. The molecule has 1 aliphatic rings. The lowest BCUT2D eigenvalue weighted by molar-refractivity contribution is 0.238. The fourth-order valence-corrected chi connectivity index (χ4v) is 3.03. The van der Waals surface area contributed by atoms with E-state index in [0.717, 1.165) is 38.4 Å². The van der Waals surface area contributed by atoms with Gasteiger partial charge in [0.25, 0.3) is 0 Å². The van der Waals surface area contributed by atoms with E-state index in [9.17, 15) is 0 Å². The molecule has 0 aromatic carbocycles. The van der Waals surface area contributed by atoms with Crippen molar-refractivity contribution in [2.45, 2.75) is 26.1 Å². The second-order valence-electron chi connectivity index (χ2n) is 4.42. The zero-order valence-electron chi connectivity index (χ0n) is 10.2. The average molecular weight is 259 g/mol. The Kier molecular flexibility index (Phi) is 3.25. The average Bonchev–Trinajstić information content (AvgIpc) is 2.99. The summed E-state index contributed by atoms with van der Waals surface area (Å²) in [6, 6.07) is 0. The fourth-order valence-electron chi connectivity index (χ4n) is 2.25. The molecule has 0 bridgehead atoms. The van der Waals surface area contributed by atoms with E-state index in [0.29, 0.717) is 0 Å². The van der Waals surface area contributed by atoms with Crippen LogP contribution in [0.15, 0.2) is 25.0 Å². The SMILES string of the molecule is C=CCn1ccnc1CN1CCc2n[c]sc2C1. The van der Waals surface area contributed by atoms with Gasteiger partial charge in [0.1, 0.15) is 5.82 Å². The molecule has 18 heavy (non-hydrogen) atoms. The zero-order chi connectivity index (χ0) is 12.4. The van der Waals surface area contributed by atoms with Gasteiger partial charge in [-0.2, -0.15) is 0 Å². The first-order valence-electron chi connectivity index (χ1n) is 6.04. The summed E-state index contributed by atoms with van der Waals surface area (Å²) in [5.74, 6) is 1.10. The van der Waals surface area contributed by atoms with Gasteiger partial charge in [0, 0.05) is 43.3 Å². The number of hydrogen-bond donors (Lipinski definition) is 0. The summed E-state index contributed by atoms with van der Waals surface area (Å²) in [6.07, 6.45) is 6.79. The maximum atomic E-state index is 4.43.